The van der Waals surface area contributed by atoms with Gasteiger partial charge >= 0.3 is 0 Å². The summed E-state index contributed by atoms with van der Waals surface area (Å²) in [7, 11) is 2.20. The molecule has 0 aromatic rings. The topological polar surface area (TPSA) is 32.3 Å². The maximum Gasteiger partial charge on any atom is 0.220 e. The zero-order valence-electron chi connectivity index (χ0n) is 11.8. The number of hydrogen-bond acceptors (Lipinski definition) is 2. The fraction of sp³-hybridized carbons (Fsp3) is 0.933. The second kappa shape index (κ2) is 7.13. The highest BCUT2D eigenvalue weighted by atomic mass is 16.1. The molecule has 1 heterocycles. The highest BCUT2D eigenvalue weighted by Crippen LogP contribution is 2.20. The van der Waals surface area contributed by atoms with E-state index >= 15 is 0 Å². The third kappa shape index (κ3) is 4.27. The molecule has 0 aromatic carbocycles. The van der Waals surface area contributed by atoms with Crippen molar-refractivity contribution in [3.63, 3.8) is 0 Å². The minimum atomic E-state index is 0.279. The molecule has 3 heteroatoms. The lowest BCUT2D eigenvalue weighted by Gasteiger charge is -2.32. The van der Waals surface area contributed by atoms with Crippen molar-refractivity contribution in [2.45, 2.75) is 76.3 Å². The number of piperidine rings is 1. The van der Waals surface area contributed by atoms with Gasteiger partial charge in [0.2, 0.25) is 5.91 Å². The summed E-state index contributed by atoms with van der Waals surface area (Å²) >= 11 is 0. The van der Waals surface area contributed by atoms with E-state index in [9.17, 15) is 4.79 Å². The Balaban J connectivity index is 1.64. The molecule has 0 radical (unpaired) electrons. The van der Waals surface area contributed by atoms with E-state index in [1.54, 1.807) is 0 Å². The van der Waals surface area contributed by atoms with Crippen molar-refractivity contribution in [3.05, 3.63) is 0 Å². The number of rotatable bonds is 4. The number of carbonyl (C=O) groups is 1. The Morgan fingerprint density at radius 1 is 1.11 bits per heavy atom. The van der Waals surface area contributed by atoms with E-state index in [-0.39, 0.29) is 5.91 Å². The first-order chi connectivity index (χ1) is 8.75. The van der Waals surface area contributed by atoms with E-state index in [1.165, 1.54) is 57.9 Å². The molecule has 0 spiro atoms. The van der Waals surface area contributed by atoms with E-state index in [0.717, 1.165) is 6.42 Å². The van der Waals surface area contributed by atoms with E-state index in [2.05, 4.69) is 17.3 Å². The van der Waals surface area contributed by atoms with Crippen molar-refractivity contribution in [2.75, 3.05) is 13.6 Å². The summed E-state index contributed by atoms with van der Waals surface area (Å²) in [6, 6.07) is 1.10. The van der Waals surface area contributed by atoms with Crippen LogP contribution < -0.4 is 5.32 Å². The number of likely N-dealkylation sites (tertiary alicyclic amines) is 1. The summed E-state index contributed by atoms with van der Waals surface area (Å²) in [5, 5.41) is 3.22. The summed E-state index contributed by atoms with van der Waals surface area (Å²) in [6.45, 7) is 1.20. The molecular formula is C15H28N2O. The Morgan fingerprint density at radius 2 is 1.83 bits per heavy atom. The van der Waals surface area contributed by atoms with Crippen molar-refractivity contribution >= 4 is 5.91 Å². The van der Waals surface area contributed by atoms with Crippen LogP contribution in [0.1, 0.15) is 64.2 Å². The van der Waals surface area contributed by atoms with Gasteiger partial charge in [-0.1, -0.05) is 25.7 Å². The monoisotopic (exact) mass is 252 g/mol. The minimum absolute atomic E-state index is 0.279. The molecule has 3 nitrogen and oxygen atoms in total. The Morgan fingerprint density at radius 3 is 2.56 bits per heavy atom. The first-order valence-electron chi connectivity index (χ1n) is 7.75. The van der Waals surface area contributed by atoms with E-state index in [0.29, 0.717) is 18.5 Å². The predicted octanol–water partition coefficient (Wildman–Crippen LogP) is 2.70. The second-order valence-electron chi connectivity index (χ2n) is 6.07. The van der Waals surface area contributed by atoms with Crippen LogP contribution in [0, 0.1) is 0 Å². The Hall–Kier alpha value is -0.570. The van der Waals surface area contributed by atoms with Crippen LogP contribution in [0.15, 0.2) is 0 Å². The van der Waals surface area contributed by atoms with Crippen molar-refractivity contribution in [2.24, 2.45) is 0 Å². The van der Waals surface area contributed by atoms with Crippen LogP contribution in [0.3, 0.4) is 0 Å². The van der Waals surface area contributed by atoms with Gasteiger partial charge in [0, 0.05) is 18.5 Å². The number of nitrogens with zero attached hydrogens (tertiary/aromatic N) is 1. The van der Waals surface area contributed by atoms with E-state index in [4.69, 9.17) is 0 Å². The fourth-order valence-electron chi connectivity index (χ4n) is 3.35. The van der Waals surface area contributed by atoms with E-state index in [1.807, 2.05) is 0 Å². The lowest BCUT2D eigenvalue weighted by Crippen LogP contribution is -2.39. The molecule has 1 aliphatic carbocycles. The first-order valence-corrected chi connectivity index (χ1v) is 7.75. The largest absolute Gasteiger partial charge is 0.353 e. The van der Waals surface area contributed by atoms with Crippen LogP contribution in [-0.2, 0) is 4.79 Å². The van der Waals surface area contributed by atoms with Crippen molar-refractivity contribution in [3.8, 4) is 0 Å². The molecule has 1 N–H and O–H groups in total. The minimum Gasteiger partial charge on any atom is -0.353 e. The van der Waals surface area contributed by atoms with Gasteiger partial charge in [-0.25, -0.2) is 0 Å². The molecule has 104 valence electrons. The van der Waals surface area contributed by atoms with Crippen LogP contribution in [0.2, 0.25) is 0 Å². The Labute approximate surface area is 111 Å². The number of carbonyl (C=O) groups excluding carboxylic acids is 1. The average molecular weight is 252 g/mol. The SMILES string of the molecule is CN1CCCCC1CCC(=O)NC1CCCCC1. The number of amides is 1. The van der Waals surface area contributed by atoms with Crippen LogP contribution >= 0.6 is 0 Å². The van der Waals surface area contributed by atoms with Crippen molar-refractivity contribution < 1.29 is 4.79 Å². The molecule has 2 fully saturated rings. The summed E-state index contributed by atoms with van der Waals surface area (Å²) < 4.78 is 0. The molecule has 1 amide bonds. The lowest BCUT2D eigenvalue weighted by atomic mass is 9.95. The van der Waals surface area contributed by atoms with Gasteiger partial charge in [0.1, 0.15) is 0 Å². The molecule has 1 saturated heterocycles. The average Bonchev–Trinajstić information content (AvgIpc) is 2.39. The van der Waals surface area contributed by atoms with Crippen LogP contribution in [0.5, 0.6) is 0 Å². The number of hydrogen-bond donors (Lipinski definition) is 1. The van der Waals surface area contributed by atoms with Gasteiger partial charge in [-0.15, -0.1) is 0 Å². The standard InChI is InChI=1S/C15H28N2O/c1-17-12-6-5-9-14(17)10-11-15(18)16-13-7-3-2-4-8-13/h13-14H,2-12H2,1H3,(H,16,18). The zero-order valence-corrected chi connectivity index (χ0v) is 11.8. The first kappa shape index (κ1) is 13.9. The molecule has 18 heavy (non-hydrogen) atoms. The summed E-state index contributed by atoms with van der Waals surface area (Å²) in [5.41, 5.74) is 0. The van der Waals surface area contributed by atoms with Gasteiger partial charge in [0.15, 0.2) is 0 Å². The van der Waals surface area contributed by atoms with Crippen LogP contribution in [-0.4, -0.2) is 36.5 Å². The normalized spacial score (nSPS) is 27.1. The Bertz CT molecular complexity index is 261. The van der Waals surface area contributed by atoms with Crippen molar-refractivity contribution in [1.29, 1.82) is 0 Å². The van der Waals surface area contributed by atoms with Crippen LogP contribution in [0.4, 0.5) is 0 Å². The van der Waals surface area contributed by atoms with Gasteiger partial charge in [-0.05, 0) is 45.7 Å². The second-order valence-corrected chi connectivity index (χ2v) is 6.07. The fourth-order valence-corrected chi connectivity index (χ4v) is 3.35. The molecule has 1 unspecified atom stereocenters. The highest BCUT2D eigenvalue weighted by molar-refractivity contribution is 5.76. The summed E-state index contributed by atoms with van der Waals surface area (Å²) in [5.74, 6) is 0.279. The maximum absolute atomic E-state index is 11.9. The highest BCUT2D eigenvalue weighted by Gasteiger charge is 2.21. The third-order valence-corrected chi connectivity index (χ3v) is 4.60. The van der Waals surface area contributed by atoms with E-state index < -0.39 is 0 Å². The van der Waals surface area contributed by atoms with Gasteiger partial charge in [-0.2, -0.15) is 0 Å². The molecule has 2 aliphatic rings. The molecule has 1 saturated carbocycles. The van der Waals surface area contributed by atoms with Gasteiger partial charge in [-0.3, -0.25) is 4.79 Å². The predicted molar refractivity (Wildman–Crippen MR) is 74.5 cm³/mol. The molecular weight excluding hydrogens is 224 g/mol. The Kier molecular flexibility index (Phi) is 5.48. The van der Waals surface area contributed by atoms with Gasteiger partial charge in [0.05, 0.1) is 0 Å². The molecule has 2 rings (SSSR count). The number of nitrogens with one attached hydrogen (secondary N) is 1. The smallest absolute Gasteiger partial charge is 0.220 e. The van der Waals surface area contributed by atoms with Gasteiger partial charge in [0.25, 0.3) is 0 Å². The molecule has 0 bridgehead atoms. The van der Waals surface area contributed by atoms with Crippen molar-refractivity contribution in [1.82, 2.24) is 10.2 Å². The lowest BCUT2D eigenvalue weighted by molar-refractivity contribution is -0.122. The molecule has 1 atom stereocenters. The molecule has 1 aliphatic heterocycles. The quantitative estimate of drug-likeness (QED) is 0.834. The summed E-state index contributed by atoms with van der Waals surface area (Å²) in [4.78, 5) is 14.4. The van der Waals surface area contributed by atoms with Gasteiger partial charge < -0.3 is 10.2 Å². The molecule has 0 aromatic heterocycles. The summed E-state index contributed by atoms with van der Waals surface area (Å²) in [6.07, 6.45) is 12.0. The maximum atomic E-state index is 11.9. The third-order valence-electron chi connectivity index (χ3n) is 4.60. The zero-order chi connectivity index (χ0) is 12.8. The van der Waals surface area contributed by atoms with Crippen LogP contribution in [0.25, 0.3) is 0 Å².